The van der Waals surface area contributed by atoms with Gasteiger partial charge in [-0.2, -0.15) is 13.2 Å². The molecule has 150 valence electrons. The van der Waals surface area contributed by atoms with E-state index in [1.165, 1.54) is 18.5 Å². The third-order valence-electron chi connectivity index (χ3n) is 4.31. The van der Waals surface area contributed by atoms with Crippen molar-refractivity contribution < 1.29 is 27.8 Å². The van der Waals surface area contributed by atoms with Crippen LogP contribution in [-0.4, -0.2) is 34.4 Å². The van der Waals surface area contributed by atoms with Crippen molar-refractivity contribution in [2.24, 2.45) is 0 Å². The Labute approximate surface area is 164 Å². The first-order valence-corrected chi connectivity index (χ1v) is 8.73. The molecule has 0 aliphatic carbocycles. The van der Waals surface area contributed by atoms with Crippen molar-refractivity contribution in [3.63, 3.8) is 0 Å². The summed E-state index contributed by atoms with van der Waals surface area (Å²) in [6, 6.07) is 11.6. The number of aliphatic hydroxyl groups excluding tert-OH is 1. The fourth-order valence-corrected chi connectivity index (χ4v) is 2.84. The molecule has 2 N–H and O–H groups in total. The lowest BCUT2D eigenvalue weighted by molar-refractivity contribution is -0.137. The van der Waals surface area contributed by atoms with Crippen molar-refractivity contribution in [1.29, 1.82) is 0 Å². The van der Waals surface area contributed by atoms with Gasteiger partial charge in [-0.15, -0.1) is 0 Å². The van der Waals surface area contributed by atoms with Crippen LogP contribution in [0.3, 0.4) is 0 Å². The summed E-state index contributed by atoms with van der Waals surface area (Å²) in [5.74, 6) is 1.55. The number of benzene rings is 2. The Kier molecular flexibility index (Phi) is 4.98. The summed E-state index contributed by atoms with van der Waals surface area (Å²) in [6.07, 6.45) is -3.44. The molecule has 0 unspecified atom stereocenters. The minimum atomic E-state index is -4.38. The zero-order valence-electron chi connectivity index (χ0n) is 15.0. The van der Waals surface area contributed by atoms with Crippen molar-refractivity contribution >= 4 is 11.5 Å². The van der Waals surface area contributed by atoms with Gasteiger partial charge in [0.05, 0.1) is 17.9 Å². The van der Waals surface area contributed by atoms with E-state index < -0.39 is 17.8 Å². The number of aliphatic hydroxyl groups is 1. The fraction of sp³-hybridized carbons (Fsp3) is 0.200. The van der Waals surface area contributed by atoms with Gasteiger partial charge in [0.25, 0.3) is 0 Å². The summed E-state index contributed by atoms with van der Waals surface area (Å²) in [5, 5.41) is 12.3. The highest BCUT2D eigenvalue weighted by Crippen LogP contribution is 2.35. The highest BCUT2D eigenvalue weighted by atomic mass is 19.4. The number of fused-ring (bicyclic) bond motifs is 1. The molecule has 2 aromatic carbocycles. The Bertz CT molecular complexity index is 1010. The normalized spacial score (nSPS) is 15.8. The summed E-state index contributed by atoms with van der Waals surface area (Å²) in [6.45, 7) is 0.117. The zero-order valence-corrected chi connectivity index (χ0v) is 15.0. The minimum Gasteiger partial charge on any atom is -0.486 e. The van der Waals surface area contributed by atoms with Crippen LogP contribution in [-0.2, 0) is 6.18 Å². The number of alkyl halides is 3. The molecule has 1 aromatic heterocycles. The van der Waals surface area contributed by atoms with Gasteiger partial charge in [-0.1, -0.05) is 12.1 Å². The van der Waals surface area contributed by atoms with Gasteiger partial charge in [-0.25, -0.2) is 9.97 Å². The van der Waals surface area contributed by atoms with Crippen molar-refractivity contribution in [2.75, 3.05) is 18.5 Å². The summed E-state index contributed by atoms with van der Waals surface area (Å²) in [7, 11) is 0. The lowest BCUT2D eigenvalue weighted by atomic mass is 10.1. The van der Waals surface area contributed by atoms with Crippen LogP contribution in [0.15, 0.2) is 54.9 Å². The lowest BCUT2D eigenvalue weighted by Crippen LogP contribution is -2.32. The first kappa shape index (κ1) is 19.0. The monoisotopic (exact) mass is 403 g/mol. The van der Waals surface area contributed by atoms with Gasteiger partial charge < -0.3 is 19.9 Å². The second-order valence-corrected chi connectivity index (χ2v) is 6.38. The molecule has 6 nitrogen and oxygen atoms in total. The molecule has 1 aliphatic heterocycles. The first-order chi connectivity index (χ1) is 13.9. The van der Waals surface area contributed by atoms with E-state index in [9.17, 15) is 13.2 Å². The molecule has 9 heteroatoms. The summed E-state index contributed by atoms with van der Waals surface area (Å²) < 4.78 is 49.3. The molecule has 0 saturated carbocycles. The molecule has 0 fully saturated rings. The van der Waals surface area contributed by atoms with Crippen LogP contribution in [0.2, 0.25) is 0 Å². The quantitative estimate of drug-likeness (QED) is 0.685. The maximum Gasteiger partial charge on any atom is 0.416 e. The molecular weight excluding hydrogens is 387 g/mol. The number of rotatable bonds is 4. The largest absolute Gasteiger partial charge is 0.486 e. The van der Waals surface area contributed by atoms with Crippen LogP contribution in [0.4, 0.5) is 24.7 Å². The van der Waals surface area contributed by atoms with Gasteiger partial charge >= 0.3 is 6.18 Å². The molecule has 3 aromatic rings. The SMILES string of the molecule is OC[C@@H]1COc2cc(Nc3cc(-c4ccc(C(F)(F)F)cc4)ncn3)ccc2O1. The number of nitrogens with one attached hydrogen (secondary N) is 1. The Morgan fingerprint density at radius 2 is 1.83 bits per heavy atom. The van der Waals surface area contributed by atoms with E-state index in [4.69, 9.17) is 14.6 Å². The second-order valence-electron chi connectivity index (χ2n) is 6.38. The number of halogens is 3. The van der Waals surface area contributed by atoms with Gasteiger partial charge in [-0.3, -0.25) is 0 Å². The van der Waals surface area contributed by atoms with Crippen molar-refractivity contribution in [1.82, 2.24) is 9.97 Å². The highest BCUT2D eigenvalue weighted by Gasteiger charge is 2.30. The van der Waals surface area contributed by atoms with Crippen LogP contribution in [0.1, 0.15) is 5.56 Å². The van der Waals surface area contributed by atoms with Crippen molar-refractivity contribution in [3.8, 4) is 22.8 Å². The van der Waals surface area contributed by atoms with E-state index in [-0.39, 0.29) is 13.2 Å². The molecule has 0 amide bonds. The van der Waals surface area contributed by atoms with Crippen molar-refractivity contribution in [3.05, 3.63) is 60.4 Å². The number of hydrogen-bond donors (Lipinski definition) is 2. The summed E-state index contributed by atoms with van der Waals surface area (Å²) in [5.41, 5.74) is 1.00. The molecule has 0 saturated heterocycles. The van der Waals surface area contributed by atoms with E-state index in [1.54, 1.807) is 24.3 Å². The number of aromatic nitrogens is 2. The smallest absolute Gasteiger partial charge is 0.416 e. The predicted octanol–water partition coefficient (Wildman–Crippen LogP) is 4.04. The number of hydrogen-bond acceptors (Lipinski definition) is 6. The van der Waals surface area contributed by atoms with E-state index in [2.05, 4.69) is 15.3 Å². The average Bonchev–Trinajstić information content (AvgIpc) is 2.73. The van der Waals surface area contributed by atoms with E-state index in [0.717, 1.165) is 12.1 Å². The highest BCUT2D eigenvalue weighted by molar-refractivity contribution is 5.67. The maximum atomic E-state index is 12.7. The molecule has 0 spiro atoms. The number of anilines is 2. The van der Waals surface area contributed by atoms with Gasteiger partial charge in [0, 0.05) is 23.4 Å². The third kappa shape index (κ3) is 4.24. The third-order valence-corrected chi connectivity index (χ3v) is 4.31. The zero-order chi connectivity index (χ0) is 20.4. The van der Waals surface area contributed by atoms with Crippen LogP contribution < -0.4 is 14.8 Å². The number of nitrogens with zero attached hydrogens (tertiary/aromatic N) is 2. The van der Waals surface area contributed by atoms with Crippen LogP contribution in [0.25, 0.3) is 11.3 Å². The Hall–Kier alpha value is -3.33. The van der Waals surface area contributed by atoms with Crippen LogP contribution >= 0.6 is 0 Å². The van der Waals surface area contributed by atoms with Gasteiger partial charge in [0.2, 0.25) is 0 Å². The molecule has 1 atom stereocenters. The second kappa shape index (κ2) is 7.59. The summed E-state index contributed by atoms with van der Waals surface area (Å²) >= 11 is 0. The molecule has 0 bridgehead atoms. The molecule has 2 heterocycles. The predicted molar refractivity (Wildman–Crippen MR) is 99.2 cm³/mol. The minimum absolute atomic E-state index is 0.132. The van der Waals surface area contributed by atoms with Gasteiger partial charge in [0.1, 0.15) is 18.8 Å². The first-order valence-electron chi connectivity index (χ1n) is 8.73. The van der Waals surface area contributed by atoms with Crippen LogP contribution in [0.5, 0.6) is 11.5 Å². The standard InChI is InChI=1S/C20H16F3N3O3/c21-20(22,23)13-3-1-12(2-4-13)16-8-19(25-11-24-16)26-14-5-6-17-18(7-14)28-10-15(9-27)29-17/h1-8,11,15,27H,9-10H2,(H,24,25,26)/t15-/m1/s1. The number of ether oxygens (including phenoxy) is 2. The Balaban J connectivity index is 1.52. The molecule has 0 radical (unpaired) electrons. The molecular formula is C20H16F3N3O3. The average molecular weight is 403 g/mol. The summed E-state index contributed by atoms with van der Waals surface area (Å²) in [4.78, 5) is 8.28. The van der Waals surface area contributed by atoms with E-state index in [1.807, 2.05) is 0 Å². The van der Waals surface area contributed by atoms with Gasteiger partial charge in [0.15, 0.2) is 17.6 Å². The van der Waals surface area contributed by atoms with E-state index in [0.29, 0.717) is 34.3 Å². The topological polar surface area (TPSA) is 76.5 Å². The Morgan fingerprint density at radius 3 is 2.55 bits per heavy atom. The van der Waals surface area contributed by atoms with Crippen molar-refractivity contribution in [2.45, 2.75) is 12.3 Å². The van der Waals surface area contributed by atoms with Crippen LogP contribution in [0, 0.1) is 0 Å². The van der Waals surface area contributed by atoms with E-state index >= 15 is 0 Å². The molecule has 4 rings (SSSR count). The lowest BCUT2D eigenvalue weighted by Gasteiger charge is -2.25. The Morgan fingerprint density at radius 1 is 1.03 bits per heavy atom. The molecule has 1 aliphatic rings. The maximum absolute atomic E-state index is 12.7. The fourth-order valence-electron chi connectivity index (χ4n) is 2.84. The molecule has 29 heavy (non-hydrogen) atoms. The van der Waals surface area contributed by atoms with Gasteiger partial charge in [-0.05, 0) is 24.3 Å².